The number of nitrogens with one attached hydrogen (secondary N) is 2. The molecule has 0 radical (unpaired) electrons. The molecule has 0 atom stereocenters. The second-order valence-electron chi connectivity index (χ2n) is 5.78. The zero-order valence-corrected chi connectivity index (χ0v) is 12.6. The first kappa shape index (κ1) is 15.5. The Morgan fingerprint density at radius 3 is 2.52 bits per heavy atom. The number of hydrogen-bond donors (Lipinski definition) is 2. The van der Waals surface area contributed by atoms with E-state index in [-0.39, 0.29) is 5.91 Å². The van der Waals surface area contributed by atoms with Gasteiger partial charge in [-0.25, -0.2) is 0 Å². The van der Waals surface area contributed by atoms with Crippen LogP contribution < -0.4 is 10.6 Å². The normalized spacial score (nSPS) is 16.2. The maximum Gasteiger partial charge on any atom is 0.244 e. The van der Waals surface area contributed by atoms with Crippen LogP contribution in [0.4, 0.5) is 5.69 Å². The van der Waals surface area contributed by atoms with E-state index in [0.717, 1.165) is 37.4 Å². The number of nitrogens with zero attached hydrogens (tertiary/aromatic N) is 2. The number of anilines is 1. The Hall–Kier alpha value is -1.90. The van der Waals surface area contributed by atoms with Crippen LogP contribution in [-0.4, -0.2) is 42.5 Å². The lowest BCUT2D eigenvalue weighted by molar-refractivity contribution is -0.126. The predicted molar refractivity (Wildman–Crippen MR) is 82.9 cm³/mol. The van der Waals surface area contributed by atoms with Crippen molar-refractivity contribution < 1.29 is 4.79 Å². The molecule has 0 spiro atoms. The maximum atomic E-state index is 12.5. The van der Waals surface area contributed by atoms with Crippen molar-refractivity contribution >= 4 is 11.6 Å². The Morgan fingerprint density at radius 2 is 1.95 bits per heavy atom. The van der Waals surface area contributed by atoms with Crippen molar-refractivity contribution in [2.45, 2.75) is 25.8 Å². The van der Waals surface area contributed by atoms with Crippen molar-refractivity contribution in [3.63, 3.8) is 0 Å². The van der Waals surface area contributed by atoms with Gasteiger partial charge in [-0.3, -0.25) is 9.69 Å². The summed E-state index contributed by atoms with van der Waals surface area (Å²) in [5.41, 5.74) is 1.19. The average Bonchev–Trinajstić information content (AvgIpc) is 2.50. The highest BCUT2D eigenvalue weighted by Crippen LogP contribution is 2.18. The van der Waals surface area contributed by atoms with Crippen molar-refractivity contribution in [1.29, 1.82) is 5.26 Å². The van der Waals surface area contributed by atoms with E-state index in [9.17, 15) is 4.79 Å². The smallest absolute Gasteiger partial charge is 0.244 e. The van der Waals surface area contributed by atoms with Gasteiger partial charge in [0.25, 0.3) is 0 Å². The van der Waals surface area contributed by atoms with E-state index in [1.807, 2.05) is 38.1 Å². The van der Waals surface area contributed by atoms with Gasteiger partial charge < -0.3 is 10.6 Å². The second kappa shape index (κ2) is 6.70. The molecule has 0 aliphatic carbocycles. The van der Waals surface area contributed by atoms with E-state index in [1.54, 1.807) is 0 Å². The third kappa shape index (κ3) is 3.81. The first-order valence-corrected chi connectivity index (χ1v) is 7.27. The molecule has 0 aromatic heterocycles. The number of piperazine rings is 1. The van der Waals surface area contributed by atoms with Crippen LogP contribution in [0.15, 0.2) is 24.3 Å². The minimum Gasteiger partial charge on any atom is -0.324 e. The molecule has 1 saturated heterocycles. The lowest BCUT2D eigenvalue weighted by atomic mass is 10.00. The van der Waals surface area contributed by atoms with E-state index in [0.29, 0.717) is 6.42 Å². The summed E-state index contributed by atoms with van der Waals surface area (Å²) in [7, 11) is 0. The lowest BCUT2D eigenvalue weighted by Gasteiger charge is -2.39. The zero-order chi connectivity index (χ0) is 15.3. The molecular formula is C16H22N4O. The van der Waals surface area contributed by atoms with Crippen molar-refractivity contribution in [3.05, 3.63) is 29.8 Å². The van der Waals surface area contributed by atoms with Crippen molar-refractivity contribution in [3.8, 4) is 6.07 Å². The molecule has 1 aliphatic heterocycles. The van der Waals surface area contributed by atoms with E-state index in [4.69, 9.17) is 5.26 Å². The highest BCUT2D eigenvalue weighted by Gasteiger charge is 2.35. The number of carbonyl (C=O) groups excluding carboxylic acids is 1. The first-order valence-electron chi connectivity index (χ1n) is 7.27. The minimum absolute atomic E-state index is 0.00238. The molecule has 0 saturated carbocycles. The summed E-state index contributed by atoms with van der Waals surface area (Å²) in [5, 5.41) is 14.9. The second-order valence-corrected chi connectivity index (χ2v) is 5.78. The number of carbonyl (C=O) groups is 1. The molecule has 1 aromatic rings. The average molecular weight is 286 g/mol. The van der Waals surface area contributed by atoms with Crippen LogP contribution in [0.3, 0.4) is 0 Å². The molecule has 21 heavy (non-hydrogen) atoms. The minimum atomic E-state index is -0.534. The fourth-order valence-electron chi connectivity index (χ4n) is 2.45. The third-order valence-corrected chi connectivity index (χ3v) is 3.96. The van der Waals surface area contributed by atoms with Crippen molar-refractivity contribution in [2.75, 3.05) is 31.5 Å². The van der Waals surface area contributed by atoms with Gasteiger partial charge in [0, 0.05) is 31.9 Å². The topological polar surface area (TPSA) is 68.2 Å². The number of nitriles is 1. The van der Waals surface area contributed by atoms with E-state index in [2.05, 4.69) is 21.6 Å². The summed E-state index contributed by atoms with van der Waals surface area (Å²) >= 11 is 0. The molecule has 1 aromatic carbocycles. The summed E-state index contributed by atoms with van der Waals surface area (Å²) in [6, 6.07) is 9.55. The standard InChI is InChI=1S/C16H22N4O/c1-16(2,20-11-9-18-10-12-20)15(21)19-14-5-3-13(4-6-14)7-8-17/h3-6,18H,7,9-12H2,1-2H3,(H,19,21). The van der Waals surface area contributed by atoms with Gasteiger partial charge in [-0.15, -0.1) is 0 Å². The van der Waals surface area contributed by atoms with Crippen LogP contribution in [-0.2, 0) is 11.2 Å². The van der Waals surface area contributed by atoms with Gasteiger partial charge in [0.05, 0.1) is 18.0 Å². The lowest BCUT2D eigenvalue weighted by Crippen LogP contribution is -2.58. The number of amides is 1. The summed E-state index contributed by atoms with van der Waals surface area (Å²) < 4.78 is 0. The monoisotopic (exact) mass is 286 g/mol. The van der Waals surface area contributed by atoms with Crippen LogP contribution >= 0.6 is 0 Å². The largest absolute Gasteiger partial charge is 0.324 e. The molecule has 112 valence electrons. The van der Waals surface area contributed by atoms with Crippen molar-refractivity contribution in [2.24, 2.45) is 0 Å². The number of benzene rings is 1. The van der Waals surface area contributed by atoms with Gasteiger partial charge >= 0.3 is 0 Å². The highest BCUT2D eigenvalue weighted by molar-refractivity contribution is 5.97. The van der Waals surface area contributed by atoms with Gasteiger partial charge in [0.15, 0.2) is 0 Å². The van der Waals surface area contributed by atoms with E-state index >= 15 is 0 Å². The van der Waals surface area contributed by atoms with Crippen LogP contribution in [0, 0.1) is 11.3 Å². The van der Waals surface area contributed by atoms with Crippen LogP contribution in [0.25, 0.3) is 0 Å². The van der Waals surface area contributed by atoms with Gasteiger partial charge in [0.1, 0.15) is 0 Å². The summed E-state index contributed by atoms with van der Waals surface area (Å²) in [6.07, 6.45) is 0.389. The van der Waals surface area contributed by atoms with Crippen LogP contribution in [0.2, 0.25) is 0 Å². The van der Waals surface area contributed by atoms with Crippen molar-refractivity contribution in [1.82, 2.24) is 10.2 Å². The Bertz CT molecular complexity index is 524. The van der Waals surface area contributed by atoms with Gasteiger partial charge in [-0.2, -0.15) is 5.26 Å². The molecule has 1 heterocycles. The van der Waals surface area contributed by atoms with Gasteiger partial charge in [-0.05, 0) is 31.5 Å². The van der Waals surface area contributed by atoms with E-state index < -0.39 is 5.54 Å². The zero-order valence-electron chi connectivity index (χ0n) is 12.6. The van der Waals surface area contributed by atoms with Gasteiger partial charge in [0.2, 0.25) is 5.91 Å². The molecule has 1 aliphatic rings. The molecular weight excluding hydrogens is 264 g/mol. The Kier molecular flexibility index (Phi) is 4.94. The quantitative estimate of drug-likeness (QED) is 0.877. The Labute approximate surface area is 125 Å². The first-order chi connectivity index (χ1) is 10.0. The molecule has 0 bridgehead atoms. The Balaban J connectivity index is 2.00. The van der Waals surface area contributed by atoms with E-state index in [1.165, 1.54) is 0 Å². The van der Waals surface area contributed by atoms with Crippen LogP contribution in [0.1, 0.15) is 19.4 Å². The molecule has 5 nitrogen and oxygen atoms in total. The molecule has 1 amide bonds. The predicted octanol–water partition coefficient (Wildman–Crippen LogP) is 1.37. The van der Waals surface area contributed by atoms with Crippen LogP contribution in [0.5, 0.6) is 0 Å². The molecule has 0 unspecified atom stereocenters. The third-order valence-electron chi connectivity index (χ3n) is 3.96. The number of hydrogen-bond acceptors (Lipinski definition) is 4. The van der Waals surface area contributed by atoms with Gasteiger partial charge in [-0.1, -0.05) is 12.1 Å². The molecule has 2 rings (SSSR count). The fraction of sp³-hybridized carbons (Fsp3) is 0.500. The SMILES string of the molecule is CC(C)(C(=O)Nc1ccc(CC#N)cc1)N1CCNCC1. The Morgan fingerprint density at radius 1 is 1.33 bits per heavy atom. The maximum absolute atomic E-state index is 12.5. The molecule has 5 heteroatoms. The summed E-state index contributed by atoms with van der Waals surface area (Å²) in [6.45, 7) is 7.50. The highest BCUT2D eigenvalue weighted by atomic mass is 16.2. The molecule has 2 N–H and O–H groups in total. The summed E-state index contributed by atoms with van der Waals surface area (Å²) in [5.74, 6) is -0.00238. The fourth-order valence-corrected chi connectivity index (χ4v) is 2.45. The summed E-state index contributed by atoms with van der Waals surface area (Å²) in [4.78, 5) is 14.7. The number of rotatable bonds is 4. The molecule has 1 fully saturated rings.